The van der Waals surface area contributed by atoms with E-state index in [4.69, 9.17) is 46.4 Å². The molecular weight excluding hydrogens is 334 g/mol. The molecule has 0 unspecified atom stereocenters. The number of carbonyl (C=O) groups excluding carboxylic acids is 1. The first-order valence-electron chi connectivity index (χ1n) is 4.78. The van der Waals surface area contributed by atoms with Crippen molar-refractivity contribution in [1.82, 2.24) is 15.0 Å². The topological polar surface area (TPSA) is 67.8 Å². The molecule has 2 aromatic heterocycles. The van der Waals surface area contributed by atoms with Gasteiger partial charge in [-0.15, -0.1) is 0 Å². The molecule has 1 N–H and O–H groups in total. The summed E-state index contributed by atoms with van der Waals surface area (Å²) in [5.41, 5.74) is -0.0417. The fourth-order valence-electron chi connectivity index (χ4n) is 1.18. The molecule has 19 heavy (non-hydrogen) atoms. The normalized spacial score (nSPS) is 10.3. The molecule has 0 radical (unpaired) electrons. The zero-order chi connectivity index (χ0) is 14.0. The van der Waals surface area contributed by atoms with Crippen molar-refractivity contribution in [2.75, 3.05) is 5.32 Å². The summed E-state index contributed by atoms with van der Waals surface area (Å²) in [5, 5.41) is 2.76. The predicted octanol–water partition coefficient (Wildman–Crippen LogP) is 3.74. The number of carbonyl (C=O) groups is 1. The molecule has 0 aromatic carbocycles. The van der Waals surface area contributed by atoms with Crippen LogP contribution in [0.15, 0.2) is 18.5 Å². The lowest BCUT2D eigenvalue weighted by atomic mass is 10.3. The van der Waals surface area contributed by atoms with Gasteiger partial charge in [0.15, 0.2) is 11.0 Å². The molecule has 98 valence electrons. The Balaban J connectivity index is 2.31. The summed E-state index contributed by atoms with van der Waals surface area (Å²) in [4.78, 5) is 23.2. The Labute approximate surface area is 127 Å². The van der Waals surface area contributed by atoms with Gasteiger partial charge in [-0.3, -0.25) is 4.79 Å². The molecular formula is C10H4Cl4N4O. The van der Waals surface area contributed by atoms with Crippen LogP contribution < -0.4 is 5.32 Å². The fourth-order valence-corrected chi connectivity index (χ4v) is 1.80. The number of hydrogen-bond acceptors (Lipinski definition) is 4. The van der Waals surface area contributed by atoms with Crippen molar-refractivity contribution in [3.63, 3.8) is 0 Å². The van der Waals surface area contributed by atoms with Gasteiger partial charge >= 0.3 is 0 Å². The van der Waals surface area contributed by atoms with E-state index in [1.165, 1.54) is 12.1 Å². The molecule has 5 nitrogen and oxygen atoms in total. The third-order valence-corrected chi connectivity index (χ3v) is 3.26. The van der Waals surface area contributed by atoms with Gasteiger partial charge in [0.2, 0.25) is 0 Å². The van der Waals surface area contributed by atoms with Crippen LogP contribution in [0.2, 0.25) is 20.4 Å². The van der Waals surface area contributed by atoms with Gasteiger partial charge < -0.3 is 5.32 Å². The van der Waals surface area contributed by atoms with Crippen molar-refractivity contribution < 1.29 is 4.79 Å². The quantitative estimate of drug-likeness (QED) is 0.669. The monoisotopic (exact) mass is 336 g/mol. The van der Waals surface area contributed by atoms with Crippen LogP contribution in [0, 0.1) is 0 Å². The zero-order valence-electron chi connectivity index (χ0n) is 8.99. The van der Waals surface area contributed by atoms with Gasteiger partial charge in [-0.25, -0.2) is 15.0 Å². The molecule has 2 aromatic rings. The summed E-state index contributed by atoms with van der Waals surface area (Å²) >= 11 is 23.1. The smallest absolute Gasteiger partial charge is 0.277 e. The third-order valence-electron chi connectivity index (χ3n) is 2.01. The molecule has 0 aliphatic heterocycles. The van der Waals surface area contributed by atoms with E-state index in [1.54, 1.807) is 0 Å². The highest BCUT2D eigenvalue weighted by Gasteiger charge is 2.16. The van der Waals surface area contributed by atoms with Gasteiger partial charge in [-0.1, -0.05) is 46.4 Å². The maximum absolute atomic E-state index is 12.0. The number of rotatable bonds is 2. The van der Waals surface area contributed by atoms with Crippen LogP contribution in [0.25, 0.3) is 0 Å². The maximum Gasteiger partial charge on any atom is 0.277 e. The molecule has 0 saturated heterocycles. The molecule has 2 rings (SSSR count). The standard InChI is InChI=1S/C10H4Cl4N4O/c11-4-1-2-5(12)17-7(4)10(19)18-9-6(13)8(14)15-3-16-9/h1-3H,(H,15,16,18,19). The van der Waals surface area contributed by atoms with Crippen LogP contribution in [-0.2, 0) is 0 Å². The molecule has 9 heteroatoms. The Morgan fingerprint density at radius 3 is 2.58 bits per heavy atom. The summed E-state index contributed by atoms with van der Waals surface area (Å²) < 4.78 is 0. The summed E-state index contributed by atoms with van der Waals surface area (Å²) in [6.07, 6.45) is 1.16. The number of aromatic nitrogens is 3. The van der Waals surface area contributed by atoms with Crippen molar-refractivity contribution in [2.24, 2.45) is 0 Å². The SMILES string of the molecule is O=C(Nc1ncnc(Cl)c1Cl)c1nc(Cl)ccc1Cl. The fraction of sp³-hybridized carbons (Fsp3) is 0. The highest BCUT2D eigenvalue weighted by Crippen LogP contribution is 2.26. The average molecular weight is 338 g/mol. The lowest BCUT2D eigenvalue weighted by molar-refractivity contribution is 0.102. The van der Waals surface area contributed by atoms with E-state index >= 15 is 0 Å². The van der Waals surface area contributed by atoms with E-state index < -0.39 is 5.91 Å². The number of halogens is 4. The van der Waals surface area contributed by atoms with Crippen molar-refractivity contribution >= 4 is 58.1 Å². The number of nitrogens with zero attached hydrogens (tertiary/aromatic N) is 3. The molecule has 0 spiro atoms. The van der Waals surface area contributed by atoms with Crippen molar-refractivity contribution in [2.45, 2.75) is 0 Å². The largest absolute Gasteiger partial charge is 0.304 e. The first kappa shape index (κ1) is 14.3. The van der Waals surface area contributed by atoms with Crippen molar-refractivity contribution in [3.8, 4) is 0 Å². The van der Waals surface area contributed by atoms with Crippen LogP contribution in [-0.4, -0.2) is 20.9 Å². The van der Waals surface area contributed by atoms with Gasteiger partial charge in [-0.05, 0) is 12.1 Å². The molecule has 0 atom stereocenters. The Morgan fingerprint density at radius 2 is 1.84 bits per heavy atom. The molecule has 0 saturated carbocycles. The van der Waals surface area contributed by atoms with Gasteiger partial charge in [0.1, 0.15) is 22.2 Å². The second-order valence-electron chi connectivity index (χ2n) is 3.25. The Bertz CT molecular complexity index is 649. The number of nitrogens with one attached hydrogen (secondary N) is 1. The lowest BCUT2D eigenvalue weighted by Gasteiger charge is -2.07. The molecule has 0 bridgehead atoms. The van der Waals surface area contributed by atoms with Crippen LogP contribution in [0.5, 0.6) is 0 Å². The lowest BCUT2D eigenvalue weighted by Crippen LogP contribution is -2.15. The predicted molar refractivity (Wildman–Crippen MR) is 74.3 cm³/mol. The number of pyridine rings is 1. The summed E-state index contributed by atoms with van der Waals surface area (Å²) in [6, 6.07) is 2.93. The minimum atomic E-state index is -0.607. The van der Waals surface area contributed by atoms with Gasteiger partial charge in [0.25, 0.3) is 5.91 Å². The minimum absolute atomic E-state index is 0.0238. The van der Waals surface area contributed by atoms with Crippen LogP contribution in [0.4, 0.5) is 5.82 Å². The van der Waals surface area contributed by atoms with Crippen molar-refractivity contribution in [3.05, 3.63) is 44.5 Å². The molecule has 0 aliphatic rings. The highest BCUT2D eigenvalue weighted by atomic mass is 35.5. The second-order valence-corrected chi connectivity index (χ2v) is 4.78. The van der Waals surface area contributed by atoms with Crippen LogP contribution >= 0.6 is 46.4 Å². The van der Waals surface area contributed by atoms with Gasteiger partial charge in [0.05, 0.1) is 5.02 Å². The van der Waals surface area contributed by atoms with E-state index in [2.05, 4.69) is 20.3 Å². The first-order chi connectivity index (χ1) is 8.99. The number of hydrogen-bond donors (Lipinski definition) is 1. The second kappa shape index (κ2) is 5.88. The molecule has 0 aliphatic carbocycles. The molecule has 2 heterocycles. The van der Waals surface area contributed by atoms with E-state index in [0.29, 0.717) is 0 Å². The number of anilines is 1. The maximum atomic E-state index is 12.0. The van der Waals surface area contributed by atoms with Gasteiger partial charge in [0, 0.05) is 0 Å². The molecule has 1 amide bonds. The van der Waals surface area contributed by atoms with Crippen LogP contribution in [0.1, 0.15) is 10.5 Å². The van der Waals surface area contributed by atoms with Gasteiger partial charge in [-0.2, -0.15) is 0 Å². The Morgan fingerprint density at radius 1 is 1.11 bits per heavy atom. The Hall–Kier alpha value is -1.14. The van der Waals surface area contributed by atoms with E-state index in [9.17, 15) is 4.79 Å². The van der Waals surface area contributed by atoms with Crippen molar-refractivity contribution in [1.29, 1.82) is 0 Å². The van der Waals surface area contributed by atoms with Crippen LogP contribution in [0.3, 0.4) is 0 Å². The first-order valence-corrected chi connectivity index (χ1v) is 6.29. The van der Waals surface area contributed by atoms with E-state index in [-0.39, 0.29) is 31.9 Å². The minimum Gasteiger partial charge on any atom is -0.304 e. The molecule has 0 fully saturated rings. The van der Waals surface area contributed by atoms with E-state index in [0.717, 1.165) is 6.33 Å². The number of amides is 1. The summed E-state index contributed by atoms with van der Waals surface area (Å²) in [6.45, 7) is 0. The highest BCUT2D eigenvalue weighted by molar-refractivity contribution is 6.43. The summed E-state index contributed by atoms with van der Waals surface area (Å²) in [5.74, 6) is -0.548. The third kappa shape index (κ3) is 3.25. The zero-order valence-corrected chi connectivity index (χ0v) is 12.0. The average Bonchev–Trinajstić information content (AvgIpc) is 2.38. The summed E-state index contributed by atoms with van der Waals surface area (Å²) in [7, 11) is 0. The van der Waals surface area contributed by atoms with E-state index in [1.807, 2.05) is 0 Å². The Kier molecular flexibility index (Phi) is 4.42.